The third-order valence-electron chi connectivity index (χ3n) is 4.49. The molecular formula is C21H23ClN4O2S. The zero-order chi connectivity index (χ0) is 21.0. The number of amides is 1. The monoisotopic (exact) mass is 430 g/mol. The summed E-state index contributed by atoms with van der Waals surface area (Å²) in [5, 5.41) is 12.4. The first-order valence-corrected chi connectivity index (χ1v) is 10.5. The van der Waals surface area contributed by atoms with Crippen LogP contribution in [0.25, 0.3) is 0 Å². The van der Waals surface area contributed by atoms with Crippen molar-refractivity contribution in [2.24, 2.45) is 7.05 Å². The van der Waals surface area contributed by atoms with Crippen molar-refractivity contribution < 1.29 is 9.53 Å². The Morgan fingerprint density at radius 3 is 2.69 bits per heavy atom. The third kappa shape index (κ3) is 5.52. The van der Waals surface area contributed by atoms with Crippen molar-refractivity contribution in [1.82, 2.24) is 14.8 Å². The van der Waals surface area contributed by atoms with Gasteiger partial charge in [-0.1, -0.05) is 35.5 Å². The highest BCUT2D eigenvalue weighted by molar-refractivity contribution is 7.99. The summed E-state index contributed by atoms with van der Waals surface area (Å²) in [6.45, 7) is 6.27. The Bertz CT molecular complexity index is 1040. The van der Waals surface area contributed by atoms with Crippen LogP contribution in [0.5, 0.6) is 5.75 Å². The second kappa shape index (κ2) is 9.33. The van der Waals surface area contributed by atoms with Gasteiger partial charge in [-0.15, -0.1) is 10.2 Å². The fourth-order valence-electron chi connectivity index (χ4n) is 2.61. The molecule has 2 aromatic carbocycles. The summed E-state index contributed by atoms with van der Waals surface area (Å²) in [6, 6.07) is 11.5. The quantitative estimate of drug-likeness (QED) is 0.550. The van der Waals surface area contributed by atoms with Crippen LogP contribution >= 0.6 is 23.4 Å². The van der Waals surface area contributed by atoms with Crippen LogP contribution in [0.1, 0.15) is 22.5 Å². The van der Waals surface area contributed by atoms with Crippen LogP contribution in [0.15, 0.2) is 41.6 Å². The highest BCUT2D eigenvalue weighted by atomic mass is 35.5. The van der Waals surface area contributed by atoms with Crippen molar-refractivity contribution in [3.05, 3.63) is 63.9 Å². The maximum atomic E-state index is 12.3. The summed E-state index contributed by atoms with van der Waals surface area (Å²) < 4.78 is 7.60. The molecule has 0 saturated heterocycles. The number of nitrogens with one attached hydrogen (secondary N) is 1. The van der Waals surface area contributed by atoms with Gasteiger partial charge in [0.25, 0.3) is 0 Å². The Hall–Kier alpha value is -2.51. The fourth-order valence-corrected chi connectivity index (χ4v) is 3.51. The van der Waals surface area contributed by atoms with Crippen molar-refractivity contribution in [2.45, 2.75) is 32.5 Å². The van der Waals surface area contributed by atoms with Gasteiger partial charge in [-0.05, 0) is 61.7 Å². The van der Waals surface area contributed by atoms with E-state index < -0.39 is 0 Å². The largest absolute Gasteiger partial charge is 0.484 e. The topological polar surface area (TPSA) is 69.0 Å². The summed E-state index contributed by atoms with van der Waals surface area (Å²) in [5.41, 5.74) is 4.19. The molecule has 0 unspecified atom stereocenters. The molecule has 0 spiro atoms. The number of benzene rings is 2. The third-order valence-corrected chi connectivity index (χ3v) is 5.82. The van der Waals surface area contributed by atoms with Crippen LogP contribution in [0.4, 0.5) is 5.69 Å². The number of ether oxygens (including phenoxy) is 1. The number of carbonyl (C=O) groups excluding carboxylic acids is 1. The Kier molecular flexibility index (Phi) is 6.82. The zero-order valence-corrected chi connectivity index (χ0v) is 18.4. The number of aryl methyl sites for hydroxylation is 3. The minimum atomic E-state index is -0.0920. The SMILES string of the molecule is Cc1ccc(Cl)c(OCc2nnc(SCC(=O)Nc3ccc(C)c(C)c3)n2C)c1. The molecule has 0 aliphatic heterocycles. The van der Waals surface area contributed by atoms with E-state index in [1.165, 1.54) is 17.3 Å². The Balaban J connectivity index is 1.55. The van der Waals surface area contributed by atoms with E-state index >= 15 is 0 Å². The second-order valence-corrected chi connectivity index (χ2v) is 8.17. The zero-order valence-electron chi connectivity index (χ0n) is 16.8. The minimum absolute atomic E-state index is 0.0920. The lowest BCUT2D eigenvalue weighted by molar-refractivity contribution is -0.113. The number of rotatable bonds is 7. The molecule has 0 radical (unpaired) electrons. The predicted molar refractivity (Wildman–Crippen MR) is 117 cm³/mol. The van der Waals surface area contributed by atoms with Gasteiger partial charge in [-0.3, -0.25) is 4.79 Å². The van der Waals surface area contributed by atoms with Crippen LogP contribution < -0.4 is 10.1 Å². The van der Waals surface area contributed by atoms with Gasteiger partial charge in [-0.2, -0.15) is 0 Å². The van der Waals surface area contributed by atoms with Gasteiger partial charge in [-0.25, -0.2) is 0 Å². The van der Waals surface area contributed by atoms with E-state index in [1.807, 2.05) is 62.7 Å². The number of hydrogen-bond acceptors (Lipinski definition) is 5. The maximum absolute atomic E-state index is 12.3. The lowest BCUT2D eigenvalue weighted by Gasteiger charge is -2.09. The Morgan fingerprint density at radius 2 is 1.93 bits per heavy atom. The smallest absolute Gasteiger partial charge is 0.234 e. The number of hydrogen-bond donors (Lipinski definition) is 1. The van der Waals surface area contributed by atoms with Gasteiger partial charge in [0.1, 0.15) is 12.4 Å². The summed E-state index contributed by atoms with van der Waals surface area (Å²) in [6.07, 6.45) is 0. The molecule has 3 rings (SSSR count). The Morgan fingerprint density at radius 1 is 1.14 bits per heavy atom. The van der Waals surface area contributed by atoms with Crippen molar-refractivity contribution in [3.8, 4) is 5.75 Å². The van der Waals surface area contributed by atoms with Gasteiger partial charge in [0.05, 0.1) is 10.8 Å². The first-order chi connectivity index (χ1) is 13.8. The number of aromatic nitrogens is 3. The molecule has 1 amide bonds. The van der Waals surface area contributed by atoms with E-state index in [1.54, 1.807) is 6.07 Å². The highest BCUT2D eigenvalue weighted by Crippen LogP contribution is 2.26. The average Bonchev–Trinajstić information content (AvgIpc) is 3.03. The van der Waals surface area contributed by atoms with Crippen LogP contribution in [-0.4, -0.2) is 26.4 Å². The summed E-state index contributed by atoms with van der Waals surface area (Å²) in [5.74, 6) is 1.41. The number of halogens is 1. The molecule has 1 aromatic heterocycles. The first-order valence-electron chi connectivity index (χ1n) is 9.10. The van der Waals surface area contributed by atoms with Gasteiger partial charge in [0.2, 0.25) is 5.91 Å². The molecule has 1 heterocycles. The van der Waals surface area contributed by atoms with Gasteiger partial charge in [0.15, 0.2) is 11.0 Å². The molecule has 0 atom stereocenters. The first kappa shape index (κ1) is 21.2. The molecular weight excluding hydrogens is 408 g/mol. The average molecular weight is 431 g/mol. The lowest BCUT2D eigenvalue weighted by Crippen LogP contribution is -2.14. The summed E-state index contributed by atoms with van der Waals surface area (Å²) >= 11 is 7.49. The van der Waals surface area contributed by atoms with E-state index in [0.29, 0.717) is 21.8 Å². The Labute approximate surface area is 179 Å². The van der Waals surface area contributed by atoms with Crippen LogP contribution in [-0.2, 0) is 18.4 Å². The molecule has 0 saturated carbocycles. The number of nitrogens with zero attached hydrogens (tertiary/aromatic N) is 3. The van der Waals surface area contributed by atoms with Gasteiger partial charge >= 0.3 is 0 Å². The number of anilines is 1. The molecule has 0 fully saturated rings. The molecule has 0 aliphatic carbocycles. The van der Waals surface area contributed by atoms with E-state index in [-0.39, 0.29) is 18.3 Å². The number of thioether (sulfide) groups is 1. The predicted octanol–water partition coefficient (Wildman–Crippen LogP) is 4.70. The normalized spacial score (nSPS) is 10.8. The molecule has 3 aromatic rings. The maximum Gasteiger partial charge on any atom is 0.234 e. The molecule has 0 bridgehead atoms. The van der Waals surface area contributed by atoms with Crippen molar-refractivity contribution in [1.29, 1.82) is 0 Å². The molecule has 1 N–H and O–H groups in total. The molecule has 29 heavy (non-hydrogen) atoms. The standard InChI is InChI=1S/C21H23ClN4O2S/c1-13-5-8-17(22)18(9-13)28-11-19-24-25-21(26(19)4)29-12-20(27)23-16-7-6-14(2)15(3)10-16/h5-10H,11-12H2,1-4H3,(H,23,27). The summed E-state index contributed by atoms with van der Waals surface area (Å²) in [7, 11) is 1.85. The molecule has 0 aliphatic rings. The lowest BCUT2D eigenvalue weighted by atomic mass is 10.1. The summed E-state index contributed by atoms with van der Waals surface area (Å²) in [4.78, 5) is 12.3. The minimum Gasteiger partial charge on any atom is -0.484 e. The second-order valence-electron chi connectivity index (χ2n) is 6.82. The van der Waals surface area contributed by atoms with Crippen molar-refractivity contribution in [3.63, 3.8) is 0 Å². The molecule has 6 nitrogen and oxygen atoms in total. The van der Waals surface area contributed by atoms with Gasteiger partial charge in [0, 0.05) is 12.7 Å². The van der Waals surface area contributed by atoms with Crippen molar-refractivity contribution >= 4 is 35.0 Å². The van der Waals surface area contributed by atoms with Crippen LogP contribution in [0, 0.1) is 20.8 Å². The van der Waals surface area contributed by atoms with E-state index in [9.17, 15) is 4.79 Å². The van der Waals surface area contributed by atoms with Crippen molar-refractivity contribution in [2.75, 3.05) is 11.1 Å². The van der Waals surface area contributed by atoms with E-state index in [4.69, 9.17) is 16.3 Å². The van der Waals surface area contributed by atoms with Crippen LogP contribution in [0.2, 0.25) is 5.02 Å². The highest BCUT2D eigenvalue weighted by Gasteiger charge is 2.13. The van der Waals surface area contributed by atoms with Gasteiger partial charge < -0.3 is 14.6 Å². The fraction of sp³-hybridized carbons (Fsp3) is 0.286. The molecule has 152 valence electrons. The van der Waals surface area contributed by atoms with E-state index in [0.717, 1.165) is 16.8 Å². The van der Waals surface area contributed by atoms with Crippen LogP contribution in [0.3, 0.4) is 0 Å². The van der Waals surface area contributed by atoms with E-state index in [2.05, 4.69) is 15.5 Å². The number of carbonyl (C=O) groups is 1. The molecule has 8 heteroatoms.